The number of halogens is 1. The van der Waals surface area contributed by atoms with E-state index < -0.39 is 0 Å². The van der Waals surface area contributed by atoms with Crippen molar-refractivity contribution in [2.45, 2.75) is 6.04 Å². The smallest absolute Gasteiger partial charge is 0.123 e. The molecular formula is C14H15FN2. The van der Waals surface area contributed by atoms with Gasteiger partial charge in [-0.3, -0.25) is 0 Å². The summed E-state index contributed by atoms with van der Waals surface area (Å²) in [4.78, 5) is 0. The highest BCUT2D eigenvalue weighted by atomic mass is 19.1. The number of nitrogens with two attached hydrogens (primary N) is 2. The molecule has 4 N–H and O–H groups in total. The largest absolute Gasteiger partial charge is 0.329 e. The Bertz CT molecular complexity index is 477. The van der Waals surface area contributed by atoms with Crippen LogP contribution in [0.5, 0.6) is 0 Å². The molecule has 0 radical (unpaired) electrons. The fourth-order valence-corrected chi connectivity index (χ4v) is 1.70. The molecule has 1 atom stereocenters. The van der Waals surface area contributed by atoms with Crippen molar-refractivity contribution in [2.75, 3.05) is 6.54 Å². The topological polar surface area (TPSA) is 52.0 Å². The summed E-state index contributed by atoms with van der Waals surface area (Å²) in [5.41, 5.74) is 14.4. The van der Waals surface area contributed by atoms with Crippen LogP contribution in [0, 0.1) is 5.82 Å². The second kappa shape index (κ2) is 5.08. The lowest BCUT2D eigenvalue weighted by atomic mass is 10.0. The Morgan fingerprint density at radius 1 is 0.882 bits per heavy atom. The summed E-state index contributed by atoms with van der Waals surface area (Å²) < 4.78 is 12.8. The van der Waals surface area contributed by atoms with Crippen molar-refractivity contribution in [2.24, 2.45) is 11.5 Å². The zero-order valence-electron chi connectivity index (χ0n) is 9.44. The van der Waals surface area contributed by atoms with Gasteiger partial charge in [0.05, 0.1) is 0 Å². The van der Waals surface area contributed by atoms with Crippen LogP contribution < -0.4 is 11.5 Å². The number of rotatable bonds is 3. The molecule has 0 aromatic heterocycles. The van der Waals surface area contributed by atoms with E-state index in [1.54, 1.807) is 12.1 Å². The van der Waals surface area contributed by atoms with Gasteiger partial charge in [0.25, 0.3) is 0 Å². The summed E-state index contributed by atoms with van der Waals surface area (Å²) in [6.45, 7) is 0.426. The maximum absolute atomic E-state index is 12.8. The molecule has 0 aliphatic carbocycles. The third kappa shape index (κ3) is 2.70. The molecule has 3 heteroatoms. The van der Waals surface area contributed by atoms with Crippen molar-refractivity contribution in [3.05, 3.63) is 59.9 Å². The van der Waals surface area contributed by atoms with Crippen LogP contribution >= 0.6 is 0 Å². The van der Waals surface area contributed by atoms with Gasteiger partial charge in [0.15, 0.2) is 0 Å². The van der Waals surface area contributed by atoms with Crippen molar-refractivity contribution in [1.29, 1.82) is 0 Å². The average Bonchev–Trinajstić information content (AvgIpc) is 2.39. The second-order valence-electron chi connectivity index (χ2n) is 3.97. The Hall–Kier alpha value is -1.71. The molecule has 0 fully saturated rings. The highest BCUT2D eigenvalue weighted by Gasteiger charge is 2.03. The minimum absolute atomic E-state index is 0.128. The van der Waals surface area contributed by atoms with E-state index in [0.717, 1.165) is 16.7 Å². The summed E-state index contributed by atoms with van der Waals surface area (Å²) in [6, 6.07) is 14.1. The van der Waals surface area contributed by atoms with Gasteiger partial charge < -0.3 is 11.5 Å². The number of benzene rings is 2. The molecule has 0 spiro atoms. The molecule has 2 aromatic carbocycles. The maximum atomic E-state index is 12.8. The third-order valence-corrected chi connectivity index (χ3v) is 2.77. The van der Waals surface area contributed by atoms with Crippen molar-refractivity contribution in [3.63, 3.8) is 0 Å². The van der Waals surface area contributed by atoms with Gasteiger partial charge in [-0.2, -0.15) is 0 Å². The lowest BCUT2D eigenvalue weighted by Gasteiger charge is -2.09. The summed E-state index contributed by atoms with van der Waals surface area (Å²) in [7, 11) is 0. The van der Waals surface area contributed by atoms with Gasteiger partial charge in [-0.05, 0) is 28.8 Å². The van der Waals surface area contributed by atoms with Gasteiger partial charge in [0.2, 0.25) is 0 Å². The van der Waals surface area contributed by atoms with Crippen LogP contribution in [0.25, 0.3) is 11.1 Å². The average molecular weight is 230 g/mol. The molecule has 1 unspecified atom stereocenters. The normalized spacial score (nSPS) is 12.4. The van der Waals surface area contributed by atoms with Gasteiger partial charge in [-0.25, -0.2) is 4.39 Å². The zero-order valence-corrected chi connectivity index (χ0v) is 9.44. The van der Waals surface area contributed by atoms with Crippen LogP contribution in [0.1, 0.15) is 11.6 Å². The molecule has 0 bridgehead atoms. The van der Waals surface area contributed by atoms with Gasteiger partial charge in [-0.1, -0.05) is 36.4 Å². The van der Waals surface area contributed by atoms with Crippen molar-refractivity contribution in [1.82, 2.24) is 0 Å². The van der Waals surface area contributed by atoms with Gasteiger partial charge in [0, 0.05) is 12.6 Å². The zero-order chi connectivity index (χ0) is 12.3. The fourth-order valence-electron chi connectivity index (χ4n) is 1.70. The first-order valence-electron chi connectivity index (χ1n) is 5.52. The maximum Gasteiger partial charge on any atom is 0.123 e. The van der Waals surface area contributed by atoms with Crippen LogP contribution in [0.2, 0.25) is 0 Å². The van der Waals surface area contributed by atoms with Crippen LogP contribution in [-0.4, -0.2) is 6.54 Å². The minimum Gasteiger partial charge on any atom is -0.329 e. The fraction of sp³-hybridized carbons (Fsp3) is 0.143. The van der Waals surface area contributed by atoms with Gasteiger partial charge in [0.1, 0.15) is 5.82 Å². The molecule has 88 valence electrons. The molecule has 2 aromatic rings. The van der Waals surface area contributed by atoms with Crippen LogP contribution in [0.3, 0.4) is 0 Å². The minimum atomic E-state index is -0.226. The Balaban J connectivity index is 2.26. The van der Waals surface area contributed by atoms with E-state index in [9.17, 15) is 4.39 Å². The lowest BCUT2D eigenvalue weighted by Crippen LogP contribution is -2.20. The Morgan fingerprint density at radius 3 is 1.82 bits per heavy atom. The van der Waals surface area contributed by atoms with Crippen LogP contribution in [-0.2, 0) is 0 Å². The molecule has 0 aliphatic heterocycles. The molecule has 0 saturated heterocycles. The first kappa shape index (κ1) is 11.8. The van der Waals surface area contributed by atoms with Crippen molar-refractivity contribution in [3.8, 4) is 11.1 Å². The van der Waals surface area contributed by atoms with Crippen LogP contribution in [0.15, 0.2) is 48.5 Å². The van der Waals surface area contributed by atoms with Crippen molar-refractivity contribution >= 4 is 0 Å². The monoisotopic (exact) mass is 230 g/mol. The lowest BCUT2D eigenvalue weighted by molar-refractivity contribution is 0.628. The predicted octanol–water partition coefficient (Wildman–Crippen LogP) is 2.45. The van der Waals surface area contributed by atoms with Gasteiger partial charge in [-0.15, -0.1) is 0 Å². The highest BCUT2D eigenvalue weighted by molar-refractivity contribution is 5.63. The summed E-state index contributed by atoms with van der Waals surface area (Å²) in [5.74, 6) is -0.226. The van der Waals surface area contributed by atoms with E-state index in [1.807, 2.05) is 24.3 Å². The highest BCUT2D eigenvalue weighted by Crippen LogP contribution is 2.21. The summed E-state index contributed by atoms with van der Waals surface area (Å²) >= 11 is 0. The molecule has 0 amide bonds. The molecular weight excluding hydrogens is 215 g/mol. The molecule has 0 heterocycles. The van der Waals surface area contributed by atoms with E-state index in [2.05, 4.69) is 0 Å². The molecule has 2 rings (SSSR count). The summed E-state index contributed by atoms with van der Waals surface area (Å²) in [5, 5.41) is 0. The molecule has 0 saturated carbocycles. The Labute approximate surface area is 100 Å². The Morgan fingerprint density at radius 2 is 1.35 bits per heavy atom. The quantitative estimate of drug-likeness (QED) is 0.851. The molecule has 2 nitrogen and oxygen atoms in total. The summed E-state index contributed by atoms with van der Waals surface area (Å²) in [6.07, 6.45) is 0. The predicted molar refractivity (Wildman–Crippen MR) is 67.8 cm³/mol. The number of hydrogen-bond acceptors (Lipinski definition) is 2. The van der Waals surface area contributed by atoms with E-state index >= 15 is 0 Å². The SMILES string of the molecule is NCC(N)c1ccc(-c2ccc(F)cc2)cc1. The van der Waals surface area contributed by atoms with E-state index in [-0.39, 0.29) is 11.9 Å². The first-order valence-corrected chi connectivity index (χ1v) is 5.52. The van der Waals surface area contributed by atoms with Crippen molar-refractivity contribution < 1.29 is 4.39 Å². The van der Waals surface area contributed by atoms with Gasteiger partial charge >= 0.3 is 0 Å². The van der Waals surface area contributed by atoms with E-state index in [1.165, 1.54) is 12.1 Å². The molecule has 17 heavy (non-hydrogen) atoms. The van der Waals surface area contributed by atoms with E-state index in [0.29, 0.717) is 6.54 Å². The van der Waals surface area contributed by atoms with E-state index in [4.69, 9.17) is 11.5 Å². The number of hydrogen-bond donors (Lipinski definition) is 2. The second-order valence-corrected chi connectivity index (χ2v) is 3.97. The van der Waals surface area contributed by atoms with Crippen LogP contribution in [0.4, 0.5) is 4.39 Å². The standard InChI is InChI=1S/C14H15FN2/c15-13-7-5-11(6-8-13)10-1-3-12(4-2-10)14(17)9-16/h1-8,14H,9,16-17H2. The Kier molecular flexibility index (Phi) is 3.52. The first-order chi connectivity index (χ1) is 8.20. The molecule has 0 aliphatic rings. The third-order valence-electron chi connectivity index (χ3n) is 2.77.